The van der Waals surface area contributed by atoms with Gasteiger partial charge in [0.05, 0.1) is 6.04 Å². The number of nitrogens with two attached hydrogens (primary N) is 1. The lowest BCUT2D eigenvalue weighted by Gasteiger charge is -2.01. The topological polar surface area (TPSA) is 55.1 Å². The number of hydrogen-bond donors (Lipinski definition) is 2. The molecule has 0 unspecified atom stereocenters. The molecule has 0 fully saturated rings. The molecule has 1 atom stereocenters. The summed E-state index contributed by atoms with van der Waals surface area (Å²) >= 11 is 0. The van der Waals surface area contributed by atoms with Crippen molar-refractivity contribution < 1.29 is 6.17 Å². The summed E-state index contributed by atoms with van der Waals surface area (Å²) in [4.78, 5) is 10.2. The lowest BCUT2D eigenvalue weighted by Crippen LogP contribution is -2.36. The van der Waals surface area contributed by atoms with Gasteiger partial charge < -0.3 is 11.1 Å². The van der Waals surface area contributed by atoms with Crippen molar-refractivity contribution in [3.05, 3.63) is 0 Å². The van der Waals surface area contributed by atoms with Gasteiger partial charge >= 0.3 is 0 Å². The molecule has 3 nitrogen and oxygen atoms in total. The number of rotatable bonds is 2. The fourth-order valence-electron chi connectivity index (χ4n) is 0.101. The molecule has 0 rings (SSSR count). The van der Waals surface area contributed by atoms with Crippen LogP contribution in [-0.4, -0.2) is 19.0 Å². The Labute approximate surface area is 56.4 Å². The smallest absolute Gasteiger partial charge is 0.234 e. The number of carbonyl (C=O) groups is 1. The van der Waals surface area contributed by atoms with Crippen LogP contribution in [0.3, 0.4) is 0 Å². The molecule has 0 aromatic rings. The Bertz CT molecular complexity index is 90.6. The summed E-state index contributed by atoms with van der Waals surface area (Å²) in [6.07, 6.45) is 0. The van der Waals surface area contributed by atoms with E-state index in [2.05, 4.69) is 5.32 Å². The number of carbonyl (C=O) groups excluding carboxylic acids is 1. The third kappa shape index (κ3) is 3.89. The van der Waals surface area contributed by atoms with Crippen LogP contribution in [0.1, 0.15) is 8.29 Å². The van der Waals surface area contributed by atoms with E-state index in [-0.39, 0.29) is 25.5 Å². The average molecular weight is 140 g/mol. The summed E-state index contributed by atoms with van der Waals surface area (Å²) in [5.41, 5.74) is 4.84. The summed E-state index contributed by atoms with van der Waals surface area (Å²) < 4.78 is 6.61. The maximum Gasteiger partial charge on any atom is 0.234 e. The molecule has 0 bridgehead atoms. The van der Waals surface area contributed by atoms with Crippen LogP contribution in [0, 0.1) is 0 Å². The second-order valence-electron chi connectivity index (χ2n) is 1.33. The molecule has 0 saturated carbocycles. The zero-order valence-electron chi connectivity index (χ0n) is 5.68. The standard InChI is InChI=1S/C4H10N2O.ClH/c1-3(6-2)4(5)7;/h3,6H,1-2H3,(H2,5,7);1H/t3-;/m0./s1/i2D;. The van der Waals surface area contributed by atoms with Crippen molar-refractivity contribution in [1.29, 1.82) is 0 Å². The fourth-order valence-corrected chi connectivity index (χ4v) is 0.101. The highest BCUT2D eigenvalue weighted by Gasteiger charge is 2.01. The first-order valence-electron chi connectivity index (χ1n) is 2.71. The van der Waals surface area contributed by atoms with E-state index in [0.717, 1.165) is 0 Å². The van der Waals surface area contributed by atoms with Gasteiger partial charge in [-0.1, -0.05) is 0 Å². The number of likely N-dealkylation sites (N-methyl/N-ethyl adjacent to an activating group) is 1. The fraction of sp³-hybridized carbons (Fsp3) is 0.750. The van der Waals surface area contributed by atoms with Gasteiger partial charge in [0.1, 0.15) is 0 Å². The molecule has 0 aliphatic rings. The highest BCUT2D eigenvalue weighted by molar-refractivity contribution is 5.85. The molecule has 0 aliphatic heterocycles. The Balaban J connectivity index is 0. The monoisotopic (exact) mass is 139 g/mol. The minimum Gasteiger partial charge on any atom is -0.368 e. The van der Waals surface area contributed by atoms with Crippen LogP contribution >= 0.6 is 12.4 Å². The van der Waals surface area contributed by atoms with E-state index < -0.39 is 5.91 Å². The second kappa shape index (κ2) is 4.87. The quantitative estimate of drug-likeness (QED) is 0.542. The van der Waals surface area contributed by atoms with Crippen LogP contribution in [0.4, 0.5) is 0 Å². The maximum atomic E-state index is 10.2. The summed E-state index contributed by atoms with van der Waals surface area (Å²) in [7, 11) is 0.0319. The Hall–Kier alpha value is -0.280. The summed E-state index contributed by atoms with van der Waals surface area (Å²) in [6.45, 7) is 1.62. The Morgan fingerprint density at radius 3 is 2.62 bits per heavy atom. The van der Waals surface area contributed by atoms with E-state index in [9.17, 15) is 4.79 Å². The first-order chi connectivity index (χ1) is 3.68. The van der Waals surface area contributed by atoms with Gasteiger partial charge in [-0.25, -0.2) is 0 Å². The second-order valence-corrected chi connectivity index (χ2v) is 1.33. The van der Waals surface area contributed by atoms with E-state index in [1.54, 1.807) is 6.92 Å². The Kier molecular flexibility index (Phi) is 4.70. The van der Waals surface area contributed by atoms with Crippen LogP contribution in [0.15, 0.2) is 0 Å². The highest BCUT2D eigenvalue weighted by atomic mass is 35.5. The SMILES string of the molecule is Cl.[2H]CN[C@@H](C)C(N)=O. The minimum absolute atomic E-state index is 0. The van der Waals surface area contributed by atoms with Crippen molar-refractivity contribution >= 4 is 18.3 Å². The lowest BCUT2D eigenvalue weighted by molar-refractivity contribution is -0.119. The van der Waals surface area contributed by atoms with Crippen molar-refractivity contribution in [2.75, 3.05) is 7.02 Å². The van der Waals surface area contributed by atoms with Crippen molar-refractivity contribution in [3.63, 3.8) is 0 Å². The van der Waals surface area contributed by atoms with Crippen LogP contribution in [0.5, 0.6) is 0 Å². The van der Waals surface area contributed by atoms with Gasteiger partial charge in [0.15, 0.2) is 0 Å². The predicted molar refractivity (Wildman–Crippen MR) is 35.0 cm³/mol. The van der Waals surface area contributed by atoms with Gasteiger partial charge in [0.25, 0.3) is 0 Å². The summed E-state index contributed by atoms with van der Waals surface area (Å²) in [6, 6.07) is -0.382. The minimum atomic E-state index is -0.419. The highest BCUT2D eigenvalue weighted by Crippen LogP contribution is 1.71. The molecule has 0 heterocycles. The zero-order valence-corrected chi connectivity index (χ0v) is 5.49. The van der Waals surface area contributed by atoms with Gasteiger partial charge in [-0.15, -0.1) is 12.4 Å². The summed E-state index contributed by atoms with van der Waals surface area (Å²) in [5, 5.41) is 2.54. The molecular weight excluding hydrogens is 128 g/mol. The van der Waals surface area contributed by atoms with E-state index in [0.29, 0.717) is 0 Å². The third-order valence-electron chi connectivity index (χ3n) is 0.733. The van der Waals surface area contributed by atoms with E-state index in [4.69, 9.17) is 7.10 Å². The van der Waals surface area contributed by atoms with Crippen molar-refractivity contribution in [2.45, 2.75) is 13.0 Å². The van der Waals surface area contributed by atoms with Gasteiger partial charge in [0.2, 0.25) is 5.91 Å². The van der Waals surface area contributed by atoms with Crippen LogP contribution in [0.25, 0.3) is 0 Å². The van der Waals surface area contributed by atoms with Crippen LogP contribution < -0.4 is 11.1 Å². The molecule has 0 aliphatic carbocycles. The molecule has 0 radical (unpaired) electrons. The number of amides is 1. The largest absolute Gasteiger partial charge is 0.368 e. The number of nitrogens with one attached hydrogen (secondary N) is 1. The van der Waals surface area contributed by atoms with Crippen LogP contribution in [-0.2, 0) is 4.79 Å². The molecule has 0 aromatic carbocycles. The molecule has 50 valence electrons. The molecule has 0 saturated heterocycles. The van der Waals surface area contributed by atoms with Crippen molar-refractivity contribution in [1.82, 2.24) is 5.32 Å². The molecule has 0 aromatic heterocycles. The molecule has 3 N–H and O–H groups in total. The van der Waals surface area contributed by atoms with Crippen LogP contribution in [0.2, 0.25) is 0 Å². The lowest BCUT2D eigenvalue weighted by atomic mass is 10.3. The van der Waals surface area contributed by atoms with E-state index in [1.807, 2.05) is 0 Å². The van der Waals surface area contributed by atoms with E-state index >= 15 is 0 Å². The maximum absolute atomic E-state index is 10.2. The van der Waals surface area contributed by atoms with Crippen molar-refractivity contribution in [3.8, 4) is 0 Å². The van der Waals surface area contributed by atoms with Gasteiger partial charge in [-0.05, 0) is 13.9 Å². The normalized spacial score (nSPS) is 13.4. The van der Waals surface area contributed by atoms with Gasteiger partial charge in [-0.2, -0.15) is 0 Å². The van der Waals surface area contributed by atoms with Gasteiger partial charge in [0, 0.05) is 1.37 Å². The number of hydrogen-bond acceptors (Lipinski definition) is 2. The zero-order chi connectivity index (χ0) is 6.57. The Morgan fingerprint density at radius 2 is 2.50 bits per heavy atom. The predicted octanol–water partition coefficient (Wildman–Crippen LogP) is -0.499. The molecule has 0 spiro atoms. The van der Waals surface area contributed by atoms with Crippen molar-refractivity contribution in [2.24, 2.45) is 5.73 Å². The molecule has 1 amide bonds. The molecular formula is C4H11ClN2O. The summed E-state index contributed by atoms with van der Waals surface area (Å²) in [5.74, 6) is -0.419. The number of primary amides is 1. The molecule has 4 heteroatoms. The van der Waals surface area contributed by atoms with E-state index in [1.165, 1.54) is 0 Å². The number of halogens is 1. The van der Waals surface area contributed by atoms with Gasteiger partial charge in [-0.3, -0.25) is 4.79 Å². The Morgan fingerprint density at radius 1 is 2.00 bits per heavy atom. The first-order valence-corrected chi connectivity index (χ1v) is 2.00. The average Bonchev–Trinajstić information content (AvgIpc) is 1.67. The first kappa shape index (κ1) is 7.72. The molecule has 8 heavy (non-hydrogen) atoms. The third-order valence-corrected chi connectivity index (χ3v) is 0.733.